The zero-order valence-corrected chi connectivity index (χ0v) is 15.8. The molecule has 0 spiro atoms. The molecule has 2 heterocycles. The number of aliphatic hydroxyl groups is 1. The lowest BCUT2D eigenvalue weighted by atomic mass is 10.0. The number of aromatic nitrogens is 1. The predicted octanol–water partition coefficient (Wildman–Crippen LogP) is 4.26. The average Bonchev–Trinajstić information content (AvgIpc) is 3.16. The Bertz CT molecular complexity index is 959. The molecule has 0 unspecified atom stereocenters. The van der Waals surface area contributed by atoms with E-state index < -0.39 is 0 Å². The second-order valence-corrected chi connectivity index (χ2v) is 7.48. The van der Waals surface area contributed by atoms with E-state index in [4.69, 9.17) is 4.98 Å². The van der Waals surface area contributed by atoms with Crippen molar-refractivity contribution >= 4 is 32.7 Å². The van der Waals surface area contributed by atoms with Crippen LogP contribution in [0.3, 0.4) is 0 Å². The monoisotopic (exact) mass is 410 g/mol. The summed E-state index contributed by atoms with van der Waals surface area (Å²) in [6.07, 6.45) is 1.77. The number of pyridine rings is 1. The van der Waals surface area contributed by atoms with E-state index in [2.05, 4.69) is 15.9 Å². The Kier molecular flexibility index (Phi) is 4.74. The van der Waals surface area contributed by atoms with Gasteiger partial charge in [0.15, 0.2) is 0 Å². The van der Waals surface area contributed by atoms with Crippen LogP contribution in [0, 0.1) is 0 Å². The van der Waals surface area contributed by atoms with Crippen molar-refractivity contribution in [1.82, 2.24) is 9.88 Å². The van der Waals surface area contributed by atoms with Crippen LogP contribution in [0.5, 0.6) is 0 Å². The third kappa shape index (κ3) is 3.13. The number of carbonyl (C=O) groups is 1. The van der Waals surface area contributed by atoms with Gasteiger partial charge in [-0.25, -0.2) is 4.98 Å². The molecular formula is C21H19BrN2O2. The topological polar surface area (TPSA) is 53.4 Å². The molecule has 132 valence electrons. The summed E-state index contributed by atoms with van der Waals surface area (Å²) in [5, 5.41) is 10.4. The van der Waals surface area contributed by atoms with Gasteiger partial charge in [-0.2, -0.15) is 0 Å². The van der Waals surface area contributed by atoms with E-state index >= 15 is 0 Å². The molecule has 0 aliphatic carbocycles. The fourth-order valence-corrected chi connectivity index (χ4v) is 3.94. The van der Waals surface area contributed by atoms with Gasteiger partial charge in [0.2, 0.25) is 0 Å². The van der Waals surface area contributed by atoms with Gasteiger partial charge in [-0.15, -0.1) is 0 Å². The van der Waals surface area contributed by atoms with E-state index in [1.54, 1.807) is 4.90 Å². The molecule has 0 radical (unpaired) electrons. The highest BCUT2D eigenvalue weighted by atomic mass is 79.9. The van der Waals surface area contributed by atoms with Crippen molar-refractivity contribution in [2.24, 2.45) is 0 Å². The molecule has 1 atom stereocenters. The van der Waals surface area contributed by atoms with Crippen molar-refractivity contribution in [3.63, 3.8) is 0 Å². The lowest BCUT2D eigenvalue weighted by Gasteiger charge is -2.24. The minimum Gasteiger partial charge on any atom is -0.394 e. The average molecular weight is 411 g/mol. The van der Waals surface area contributed by atoms with Gasteiger partial charge in [0.25, 0.3) is 5.91 Å². The van der Waals surface area contributed by atoms with Crippen LogP contribution in [0.1, 0.15) is 23.2 Å². The summed E-state index contributed by atoms with van der Waals surface area (Å²) >= 11 is 3.50. The lowest BCUT2D eigenvalue weighted by Crippen LogP contribution is -2.37. The molecule has 4 nitrogen and oxygen atoms in total. The Morgan fingerprint density at radius 2 is 2.00 bits per heavy atom. The second kappa shape index (κ2) is 7.17. The fraction of sp³-hybridized carbons (Fsp3) is 0.238. The number of likely N-dealkylation sites (tertiary alicyclic amines) is 1. The molecule has 1 aliphatic rings. The summed E-state index contributed by atoms with van der Waals surface area (Å²) < 4.78 is 0.911. The fourth-order valence-electron chi connectivity index (χ4n) is 3.58. The maximum atomic E-state index is 13.3. The minimum atomic E-state index is -0.0990. The second-order valence-electron chi connectivity index (χ2n) is 6.56. The van der Waals surface area contributed by atoms with Crippen molar-refractivity contribution in [3.05, 3.63) is 64.6 Å². The molecule has 4 rings (SSSR count). The molecule has 1 amide bonds. The van der Waals surface area contributed by atoms with Crippen LogP contribution >= 0.6 is 15.9 Å². The summed E-state index contributed by atoms with van der Waals surface area (Å²) in [6, 6.07) is 17.5. The van der Waals surface area contributed by atoms with Gasteiger partial charge in [-0.05, 0) is 37.1 Å². The molecule has 0 saturated carbocycles. The van der Waals surface area contributed by atoms with E-state index in [0.29, 0.717) is 12.1 Å². The molecular weight excluding hydrogens is 392 g/mol. The molecule has 1 saturated heterocycles. The van der Waals surface area contributed by atoms with Gasteiger partial charge >= 0.3 is 0 Å². The van der Waals surface area contributed by atoms with Crippen LogP contribution in [0.4, 0.5) is 0 Å². The maximum Gasteiger partial charge on any atom is 0.254 e. The Morgan fingerprint density at radius 3 is 2.77 bits per heavy atom. The molecule has 0 bridgehead atoms. The van der Waals surface area contributed by atoms with Crippen LogP contribution in [-0.4, -0.2) is 40.1 Å². The van der Waals surface area contributed by atoms with E-state index in [1.807, 2.05) is 54.6 Å². The van der Waals surface area contributed by atoms with E-state index in [-0.39, 0.29) is 18.6 Å². The van der Waals surface area contributed by atoms with Gasteiger partial charge in [0, 0.05) is 22.0 Å². The number of carbonyl (C=O) groups excluding carboxylic acids is 1. The number of halogens is 1. The van der Waals surface area contributed by atoms with Crippen molar-refractivity contribution in [2.45, 2.75) is 18.9 Å². The first-order valence-electron chi connectivity index (χ1n) is 8.75. The summed E-state index contributed by atoms with van der Waals surface area (Å²) in [7, 11) is 0. The molecule has 1 fully saturated rings. The van der Waals surface area contributed by atoms with Gasteiger partial charge < -0.3 is 10.0 Å². The predicted molar refractivity (Wildman–Crippen MR) is 106 cm³/mol. The largest absolute Gasteiger partial charge is 0.394 e. The van der Waals surface area contributed by atoms with Gasteiger partial charge in [-0.1, -0.05) is 46.3 Å². The highest BCUT2D eigenvalue weighted by Gasteiger charge is 2.30. The number of aliphatic hydroxyl groups excluding tert-OH is 1. The van der Waals surface area contributed by atoms with Crippen LogP contribution in [-0.2, 0) is 0 Å². The summed E-state index contributed by atoms with van der Waals surface area (Å²) in [4.78, 5) is 19.8. The van der Waals surface area contributed by atoms with Crippen molar-refractivity contribution < 1.29 is 9.90 Å². The van der Waals surface area contributed by atoms with Crippen molar-refractivity contribution in [3.8, 4) is 11.3 Å². The Labute approximate surface area is 160 Å². The lowest BCUT2D eigenvalue weighted by molar-refractivity contribution is 0.0679. The van der Waals surface area contributed by atoms with Crippen LogP contribution in [0.25, 0.3) is 22.2 Å². The molecule has 26 heavy (non-hydrogen) atoms. The molecule has 3 aromatic rings. The van der Waals surface area contributed by atoms with Crippen LogP contribution < -0.4 is 0 Å². The number of hydrogen-bond acceptors (Lipinski definition) is 3. The van der Waals surface area contributed by atoms with E-state index in [1.165, 1.54) is 0 Å². The first kappa shape index (κ1) is 17.2. The molecule has 2 aromatic carbocycles. The highest BCUT2D eigenvalue weighted by molar-refractivity contribution is 9.10. The smallest absolute Gasteiger partial charge is 0.254 e. The third-order valence-electron chi connectivity index (χ3n) is 4.92. The molecule has 1 N–H and O–H groups in total. The summed E-state index contributed by atoms with van der Waals surface area (Å²) in [5.41, 5.74) is 3.18. The Hall–Kier alpha value is -2.24. The zero-order valence-electron chi connectivity index (χ0n) is 14.2. The van der Waals surface area contributed by atoms with Gasteiger partial charge in [-0.3, -0.25) is 4.79 Å². The quantitative estimate of drug-likeness (QED) is 0.701. The number of fused-ring (bicyclic) bond motifs is 1. The highest BCUT2D eigenvalue weighted by Crippen LogP contribution is 2.29. The molecule has 1 aliphatic heterocycles. The van der Waals surface area contributed by atoms with Crippen molar-refractivity contribution in [2.75, 3.05) is 13.2 Å². The SMILES string of the molecule is O=C(c1cc(-c2ccccc2)nc2ccc(Br)cc12)N1CCC[C@H]1CO. The normalized spacial score (nSPS) is 17.0. The van der Waals surface area contributed by atoms with Gasteiger partial charge in [0.1, 0.15) is 0 Å². The van der Waals surface area contributed by atoms with E-state index in [9.17, 15) is 9.90 Å². The van der Waals surface area contributed by atoms with Crippen LogP contribution in [0.2, 0.25) is 0 Å². The molecule has 1 aromatic heterocycles. The summed E-state index contributed by atoms with van der Waals surface area (Å²) in [5.74, 6) is -0.0377. The van der Waals surface area contributed by atoms with Gasteiger partial charge in [0.05, 0.1) is 29.4 Å². The first-order chi connectivity index (χ1) is 12.7. The maximum absolute atomic E-state index is 13.3. The van der Waals surface area contributed by atoms with E-state index in [0.717, 1.165) is 39.5 Å². The first-order valence-corrected chi connectivity index (χ1v) is 9.54. The van der Waals surface area contributed by atoms with Crippen molar-refractivity contribution in [1.29, 1.82) is 0 Å². The number of nitrogens with zero attached hydrogens (tertiary/aromatic N) is 2. The standard InChI is InChI=1S/C21H19BrN2O2/c22-15-8-9-19-17(11-15)18(21(26)24-10-4-7-16(24)13-25)12-20(23-19)14-5-2-1-3-6-14/h1-3,5-6,8-9,11-12,16,25H,4,7,10,13H2/t16-/m0/s1. The Balaban J connectivity index is 1.88. The number of hydrogen-bond donors (Lipinski definition) is 1. The minimum absolute atomic E-state index is 0.00396. The number of benzene rings is 2. The number of amides is 1. The number of rotatable bonds is 3. The Morgan fingerprint density at radius 1 is 1.19 bits per heavy atom. The summed E-state index contributed by atoms with van der Waals surface area (Å²) in [6.45, 7) is 0.687. The zero-order chi connectivity index (χ0) is 18.1. The third-order valence-corrected chi connectivity index (χ3v) is 5.41. The molecule has 5 heteroatoms. The van der Waals surface area contributed by atoms with Crippen LogP contribution in [0.15, 0.2) is 59.1 Å².